The van der Waals surface area contributed by atoms with Gasteiger partial charge in [0.05, 0.1) is 12.2 Å². The SMILES string of the molecule is CCCC1NC(C2CCCC2)N(CCN(C)C2CC2)C1=O. The molecule has 120 valence electrons. The number of amides is 1. The molecular formula is C17H31N3O. The molecule has 2 unspecified atom stereocenters. The van der Waals surface area contributed by atoms with E-state index < -0.39 is 0 Å². The van der Waals surface area contributed by atoms with Gasteiger partial charge in [0.15, 0.2) is 0 Å². The van der Waals surface area contributed by atoms with Gasteiger partial charge in [-0.3, -0.25) is 10.1 Å². The van der Waals surface area contributed by atoms with Crippen LogP contribution in [-0.2, 0) is 4.79 Å². The van der Waals surface area contributed by atoms with Gasteiger partial charge in [0, 0.05) is 19.1 Å². The van der Waals surface area contributed by atoms with Crippen molar-refractivity contribution >= 4 is 5.91 Å². The van der Waals surface area contributed by atoms with E-state index in [0.29, 0.717) is 18.0 Å². The van der Waals surface area contributed by atoms with Gasteiger partial charge in [-0.1, -0.05) is 26.2 Å². The third kappa shape index (κ3) is 3.42. The lowest BCUT2D eigenvalue weighted by molar-refractivity contribution is -0.130. The fraction of sp³-hybridized carbons (Fsp3) is 0.941. The normalized spacial score (nSPS) is 30.8. The Hall–Kier alpha value is -0.610. The van der Waals surface area contributed by atoms with Crippen molar-refractivity contribution in [1.29, 1.82) is 0 Å². The van der Waals surface area contributed by atoms with Crippen LogP contribution >= 0.6 is 0 Å². The molecule has 4 heteroatoms. The van der Waals surface area contributed by atoms with E-state index in [1.54, 1.807) is 0 Å². The van der Waals surface area contributed by atoms with Crippen molar-refractivity contribution in [3.63, 3.8) is 0 Å². The second kappa shape index (κ2) is 6.66. The van der Waals surface area contributed by atoms with Gasteiger partial charge in [-0.2, -0.15) is 0 Å². The molecule has 0 spiro atoms. The van der Waals surface area contributed by atoms with Gasteiger partial charge >= 0.3 is 0 Å². The number of nitrogens with one attached hydrogen (secondary N) is 1. The smallest absolute Gasteiger partial charge is 0.241 e. The van der Waals surface area contributed by atoms with Gasteiger partial charge < -0.3 is 9.80 Å². The van der Waals surface area contributed by atoms with Crippen molar-refractivity contribution < 1.29 is 4.79 Å². The van der Waals surface area contributed by atoms with Crippen LogP contribution in [0.25, 0.3) is 0 Å². The molecule has 1 heterocycles. The molecule has 0 radical (unpaired) electrons. The average molecular weight is 293 g/mol. The monoisotopic (exact) mass is 293 g/mol. The van der Waals surface area contributed by atoms with Crippen LogP contribution in [0.2, 0.25) is 0 Å². The summed E-state index contributed by atoms with van der Waals surface area (Å²) < 4.78 is 0. The molecule has 0 aromatic heterocycles. The summed E-state index contributed by atoms with van der Waals surface area (Å²) in [6.45, 7) is 4.10. The summed E-state index contributed by atoms with van der Waals surface area (Å²) in [5.41, 5.74) is 0. The number of likely N-dealkylation sites (N-methyl/N-ethyl adjacent to an activating group) is 1. The molecule has 3 aliphatic rings. The summed E-state index contributed by atoms with van der Waals surface area (Å²) in [6, 6.07) is 0.860. The number of carbonyl (C=O) groups is 1. The molecular weight excluding hydrogens is 262 g/mol. The van der Waals surface area contributed by atoms with Crippen LogP contribution in [0.1, 0.15) is 58.3 Å². The predicted octanol–water partition coefficient (Wildman–Crippen LogP) is 2.20. The Morgan fingerprint density at radius 3 is 2.57 bits per heavy atom. The zero-order valence-corrected chi connectivity index (χ0v) is 13.7. The van der Waals surface area contributed by atoms with Crippen LogP contribution in [0, 0.1) is 5.92 Å². The van der Waals surface area contributed by atoms with Crippen molar-refractivity contribution in [2.45, 2.75) is 76.5 Å². The molecule has 21 heavy (non-hydrogen) atoms. The highest BCUT2D eigenvalue weighted by Gasteiger charge is 2.42. The van der Waals surface area contributed by atoms with Crippen LogP contribution in [0.5, 0.6) is 0 Å². The van der Waals surface area contributed by atoms with Crippen LogP contribution in [0.15, 0.2) is 0 Å². The minimum Gasteiger partial charge on any atom is -0.324 e. The van der Waals surface area contributed by atoms with E-state index in [2.05, 4.69) is 29.1 Å². The lowest BCUT2D eigenvalue weighted by atomic mass is 10.0. The van der Waals surface area contributed by atoms with Gasteiger partial charge in [-0.25, -0.2) is 0 Å². The molecule has 1 saturated heterocycles. The number of carbonyl (C=O) groups excluding carboxylic acids is 1. The van der Waals surface area contributed by atoms with E-state index in [1.807, 2.05) is 0 Å². The Balaban J connectivity index is 1.61. The molecule has 4 nitrogen and oxygen atoms in total. The van der Waals surface area contributed by atoms with Crippen molar-refractivity contribution in [3.05, 3.63) is 0 Å². The highest BCUT2D eigenvalue weighted by Crippen LogP contribution is 2.33. The van der Waals surface area contributed by atoms with Crippen LogP contribution < -0.4 is 5.32 Å². The summed E-state index contributed by atoms with van der Waals surface area (Å²) >= 11 is 0. The van der Waals surface area contributed by atoms with Gasteiger partial charge in [0.1, 0.15) is 0 Å². The zero-order chi connectivity index (χ0) is 14.8. The number of nitrogens with zero attached hydrogens (tertiary/aromatic N) is 2. The van der Waals surface area contributed by atoms with Gasteiger partial charge in [0.25, 0.3) is 0 Å². The molecule has 2 saturated carbocycles. The Morgan fingerprint density at radius 2 is 1.95 bits per heavy atom. The first kappa shape index (κ1) is 15.3. The van der Waals surface area contributed by atoms with Gasteiger partial charge in [0.2, 0.25) is 5.91 Å². The van der Waals surface area contributed by atoms with Crippen molar-refractivity contribution in [2.75, 3.05) is 20.1 Å². The summed E-state index contributed by atoms with van der Waals surface area (Å²) in [5.74, 6) is 1.04. The minimum absolute atomic E-state index is 0.0758. The maximum atomic E-state index is 12.7. The standard InChI is InChI=1S/C17H31N3O/c1-3-6-15-17(21)20(12-11-19(2)14-9-10-14)16(18-15)13-7-4-5-8-13/h13-16,18H,3-12H2,1-2H3. The highest BCUT2D eigenvalue weighted by molar-refractivity contribution is 5.84. The first-order valence-corrected chi connectivity index (χ1v) is 8.97. The molecule has 3 rings (SSSR count). The van der Waals surface area contributed by atoms with E-state index >= 15 is 0 Å². The first-order chi connectivity index (χ1) is 10.2. The topological polar surface area (TPSA) is 35.6 Å². The lowest BCUT2D eigenvalue weighted by Gasteiger charge is -2.30. The van der Waals surface area contributed by atoms with E-state index in [4.69, 9.17) is 0 Å². The molecule has 0 bridgehead atoms. The van der Waals surface area contributed by atoms with Crippen molar-refractivity contribution in [3.8, 4) is 0 Å². The van der Waals surface area contributed by atoms with Gasteiger partial charge in [-0.15, -0.1) is 0 Å². The molecule has 3 fully saturated rings. The molecule has 2 atom stereocenters. The van der Waals surface area contributed by atoms with Crippen LogP contribution in [0.3, 0.4) is 0 Å². The van der Waals surface area contributed by atoms with E-state index in [1.165, 1.54) is 38.5 Å². The Kier molecular flexibility index (Phi) is 4.85. The zero-order valence-electron chi connectivity index (χ0n) is 13.7. The van der Waals surface area contributed by atoms with Gasteiger partial charge in [-0.05, 0) is 45.1 Å². The number of rotatable bonds is 7. The van der Waals surface area contributed by atoms with E-state index in [0.717, 1.165) is 32.0 Å². The highest BCUT2D eigenvalue weighted by atomic mass is 16.2. The maximum Gasteiger partial charge on any atom is 0.241 e. The summed E-state index contributed by atoms with van der Waals surface area (Å²) in [5, 5.41) is 3.66. The Morgan fingerprint density at radius 1 is 1.24 bits per heavy atom. The first-order valence-electron chi connectivity index (χ1n) is 8.97. The second-order valence-electron chi connectivity index (χ2n) is 7.24. The Labute approximate surface area is 129 Å². The fourth-order valence-electron chi connectivity index (χ4n) is 4.08. The fourth-order valence-corrected chi connectivity index (χ4v) is 4.08. The van der Waals surface area contributed by atoms with E-state index in [9.17, 15) is 4.79 Å². The number of hydrogen-bond acceptors (Lipinski definition) is 3. The third-order valence-electron chi connectivity index (χ3n) is 5.58. The predicted molar refractivity (Wildman–Crippen MR) is 84.9 cm³/mol. The molecule has 1 amide bonds. The number of hydrogen-bond donors (Lipinski definition) is 1. The third-order valence-corrected chi connectivity index (χ3v) is 5.58. The quantitative estimate of drug-likeness (QED) is 0.781. The van der Waals surface area contributed by atoms with Crippen LogP contribution in [0.4, 0.5) is 0 Å². The average Bonchev–Trinajstić information content (AvgIpc) is 3.11. The summed E-state index contributed by atoms with van der Waals surface area (Å²) in [4.78, 5) is 17.3. The molecule has 1 aliphatic heterocycles. The minimum atomic E-state index is 0.0758. The maximum absolute atomic E-state index is 12.7. The Bertz CT molecular complexity index is 363. The molecule has 1 N–H and O–H groups in total. The largest absolute Gasteiger partial charge is 0.324 e. The van der Waals surface area contributed by atoms with Crippen LogP contribution in [-0.4, -0.2) is 54.1 Å². The summed E-state index contributed by atoms with van der Waals surface area (Å²) in [6.07, 6.45) is 10.3. The molecule has 0 aromatic rings. The summed E-state index contributed by atoms with van der Waals surface area (Å²) in [7, 11) is 2.21. The molecule has 0 aromatic carbocycles. The van der Waals surface area contributed by atoms with Crippen molar-refractivity contribution in [1.82, 2.24) is 15.1 Å². The molecule has 2 aliphatic carbocycles. The lowest BCUT2D eigenvalue weighted by Crippen LogP contribution is -2.45. The second-order valence-corrected chi connectivity index (χ2v) is 7.24. The van der Waals surface area contributed by atoms with Crippen molar-refractivity contribution in [2.24, 2.45) is 5.92 Å². The van der Waals surface area contributed by atoms with E-state index in [-0.39, 0.29) is 6.04 Å².